The molecule has 1 saturated heterocycles. The van der Waals surface area contributed by atoms with Crippen molar-refractivity contribution in [2.75, 3.05) is 31.6 Å². The summed E-state index contributed by atoms with van der Waals surface area (Å²) < 4.78 is 54.7. The van der Waals surface area contributed by atoms with Gasteiger partial charge >= 0.3 is 18.2 Å². The predicted octanol–water partition coefficient (Wildman–Crippen LogP) is 4.49. The lowest BCUT2D eigenvalue weighted by Crippen LogP contribution is -2.41. The van der Waals surface area contributed by atoms with Gasteiger partial charge in [-0.25, -0.2) is 9.59 Å². The fraction of sp³-hybridized carbons (Fsp3) is 0.364. The number of amides is 2. The van der Waals surface area contributed by atoms with Gasteiger partial charge in [0, 0.05) is 29.7 Å². The van der Waals surface area contributed by atoms with Crippen molar-refractivity contribution in [2.45, 2.75) is 24.8 Å². The Kier molecular flexibility index (Phi) is 8.92. The molecule has 1 aliphatic rings. The molecule has 1 aliphatic heterocycles. The number of alkyl halides is 3. The molecule has 8 nitrogen and oxygen atoms in total. The second-order valence-corrected chi connectivity index (χ2v) is 8.58. The fourth-order valence-electron chi connectivity index (χ4n) is 3.44. The van der Waals surface area contributed by atoms with Gasteiger partial charge in [0.2, 0.25) is 0 Å². The van der Waals surface area contributed by atoms with Gasteiger partial charge in [0.25, 0.3) is 0 Å². The van der Waals surface area contributed by atoms with Crippen LogP contribution in [0.1, 0.15) is 6.42 Å². The lowest BCUT2D eigenvalue weighted by atomic mass is 10.3. The van der Waals surface area contributed by atoms with Crippen LogP contribution >= 0.6 is 23.2 Å². The van der Waals surface area contributed by atoms with Crippen molar-refractivity contribution in [1.29, 1.82) is 0 Å². The second kappa shape index (κ2) is 11.7. The van der Waals surface area contributed by atoms with E-state index in [9.17, 15) is 22.8 Å². The van der Waals surface area contributed by atoms with E-state index in [1.807, 2.05) is 4.90 Å². The van der Waals surface area contributed by atoms with Crippen molar-refractivity contribution < 1.29 is 37.0 Å². The summed E-state index contributed by atoms with van der Waals surface area (Å²) in [7, 11) is 0. The van der Waals surface area contributed by atoms with Crippen LogP contribution in [0.4, 0.5) is 23.7 Å². The topological polar surface area (TPSA) is 103 Å². The average Bonchev–Trinajstić information content (AvgIpc) is 3.20. The molecule has 2 aromatic rings. The normalized spacial score (nSPS) is 17.0. The number of rotatable bonds is 9. The van der Waals surface area contributed by atoms with Gasteiger partial charge in [0.05, 0.1) is 5.69 Å². The first kappa shape index (κ1) is 26.7. The molecule has 1 fully saturated rings. The van der Waals surface area contributed by atoms with Gasteiger partial charge in [-0.05, 0) is 48.9 Å². The molecule has 2 atom stereocenters. The molecule has 0 aromatic heterocycles. The Balaban J connectivity index is 1.65. The smallest absolute Gasteiger partial charge is 0.489 e. The van der Waals surface area contributed by atoms with Crippen LogP contribution in [-0.4, -0.2) is 61.5 Å². The van der Waals surface area contributed by atoms with Gasteiger partial charge in [0.15, 0.2) is 0 Å². The number of nitrogens with zero attached hydrogens (tertiary/aromatic N) is 1. The van der Waals surface area contributed by atoms with Gasteiger partial charge in [-0.2, -0.15) is 13.2 Å². The Labute approximate surface area is 209 Å². The predicted molar refractivity (Wildman–Crippen MR) is 123 cm³/mol. The first-order valence-corrected chi connectivity index (χ1v) is 11.2. The maximum atomic E-state index is 12.8. The largest absolute Gasteiger partial charge is 0.490 e. The number of likely N-dealkylation sites (tertiary alicyclic amines) is 1. The highest BCUT2D eigenvalue weighted by Crippen LogP contribution is 2.29. The van der Waals surface area contributed by atoms with E-state index in [1.165, 1.54) is 18.2 Å². The highest BCUT2D eigenvalue weighted by Gasteiger charge is 2.43. The molecule has 1 heterocycles. The van der Waals surface area contributed by atoms with E-state index in [-0.39, 0.29) is 29.1 Å². The van der Waals surface area contributed by atoms with Gasteiger partial charge in [-0.3, -0.25) is 4.90 Å². The number of nitrogens with two attached hydrogens (primary N) is 1. The molecule has 0 spiro atoms. The lowest BCUT2D eigenvalue weighted by Gasteiger charge is -2.25. The molecule has 0 saturated carbocycles. The van der Waals surface area contributed by atoms with Crippen molar-refractivity contribution in [3.8, 4) is 11.5 Å². The maximum Gasteiger partial charge on any atom is 0.490 e. The summed E-state index contributed by atoms with van der Waals surface area (Å²) in [6.07, 6.45) is -6.02. The number of hydrogen-bond acceptors (Lipinski definition) is 6. The van der Waals surface area contributed by atoms with Crippen LogP contribution in [-0.2, 0) is 9.53 Å². The Bertz CT molecular complexity index is 1040. The van der Waals surface area contributed by atoms with Crippen LogP contribution in [0.2, 0.25) is 10.0 Å². The number of nitrogens with one attached hydrogen (secondary N) is 1. The van der Waals surface area contributed by atoms with Crippen LogP contribution in [0.3, 0.4) is 0 Å². The minimum Gasteiger partial charge on any atom is -0.489 e. The van der Waals surface area contributed by atoms with E-state index in [0.29, 0.717) is 30.3 Å². The molecular weight excluding hydrogens is 514 g/mol. The summed E-state index contributed by atoms with van der Waals surface area (Å²) in [5.74, 6) is -1.63. The van der Waals surface area contributed by atoms with Gasteiger partial charge in [0.1, 0.15) is 30.3 Å². The van der Waals surface area contributed by atoms with E-state index in [4.69, 9.17) is 38.4 Å². The monoisotopic (exact) mass is 535 g/mol. The van der Waals surface area contributed by atoms with E-state index in [1.54, 1.807) is 24.3 Å². The lowest BCUT2D eigenvalue weighted by molar-refractivity contribution is -0.206. The van der Waals surface area contributed by atoms with Crippen molar-refractivity contribution in [2.24, 2.45) is 5.73 Å². The number of carbonyl (C=O) groups excluding carboxylic acids is 2. The summed E-state index contributed by atoms with van der Waals surface area (Å²) >= 11 is 11.8. The molecular formula is C22H22Cl2F3N3O5. The number of esters is 1. The van der Waals surface area contributed by atoms with Crippen LogP contribution in [0, 0.1) is 0 Å². The molecule has 13 heteroatoms. The number of hydrogen-bond donors (Lipinski definition) is 2. The van der Waals surface area contributed by atoms with Crippen molar-refractivity contribution in [1.82, 2.24) is 4.90 Å². The molecule has 0 radical (unpaired) electrons. The number of ether oxygens (including phenoxy) is 3. The Hall–Kier alpha value is -2.89. The molecule has 2 amide bonds. The van der Waals surface area contributed by atoms with Gasteiger partial charge in [-0.1, -0.05) is 23.2 Å². The Morgan fingerprint density at radius 1 is 1.14 bits per heavy atom. The van der Waals surface area contributed by atoms with Crippen LogP contribution in [0.25, 0.3) is 0 Å². The van der Waals surface area contributed by atoms with Crippen LogP contribution in [0.15, 0.2) is 42.5 Å². The summed E-state index contributed by atoms with van der Waals surface area (Å²) in [6.45, 7) is 0.455. The minimum atomic E-state index is -5.16. The molecule has 3 N–H and O–H groups in total. The van der Waals surface area contributed by atoms with E-state index in [0.717, 1.165) is 0 Å². The third kappa shape index (κ3) is 8.37. The zero-order valence-electron chi connectivity index (χ0n) is 18.2. The molecule has 3 rings (SSSR count). The molecule has 190 valence electrons. The Morgan fingerprint density at radius 2 is 1.83 bits per heavy atom. The average molecular weight is 536 g/mol. The molecule has 2 unspecified atom stereocenters. The second-order valence-electron chi connectivity index (χ2n) is 7.71. The van der Waals surface area contributed by atoms with E-state index in [2.05, 4.69) is 10.1 Å². The molecule has 0 aliphatic carbocycles. The standard InChI is InChI=1S/C22H22Cl2F3N3O5/c23-13-1-4-15(5-2-13)34-16-7-8-30(10-16)11-17(35-20(31)22(25,26)27)12-33-19-6-3-14(24)9-18(19)29-21(28)32/h1-6,9,16-17H,7-8,10-12H2,(H3,28,29,32). The van der Waals surface area contributed by atoms with Crippen molar-refractivity contribution in [3.63, 3.8) is 0 Å². The number of urea groups is 1. The zero-order valence-corrected chi connectivity index (χ0v) is 19.7. The molecule has 35 heavy (non-hydrogen) atoms. The highest BCUT2D eigenvalue weighted by atomic mass is 35.5. The van der Waals surface area contributed by atoms with E-state index >= 15 is 0 Å². The molecule has 0 bridgehead atoms. The van der Waals surface area contributed by atoms with E-state index < -0.39 is 30.9 Å². The van der Waals surface area contributed by atoms with Crippen molar-refractivity contribution in [3.05, 3.63) is 52.5 Å². The summed E-state index contributed by atoms with van der Waals surface area (Å²) in [6, 6.07) is 10.1. The number of benzene rings is 2. The zero-order chi connectivity index (χ0) is 25.6. The summed E-state index contributed by atoms with van der Waals surface area (Å²) in [5.41, 5.74) is 5.24. The number of halogens is 5. The molecule has 2 aromatic carbocycles. The number of anilines is 1. The third-order valence-electron chi connectivity index (χ3n) is 4.94. The van der Waals surface area contributed by atoms with Crippen LogP contribution in [0.5, 0.6) is 11.5 Å². The first-order chi connectivity index (χ1) is 16.5. The van der Waals surface area contributed by atoms with Crippen LogP contribution < -0.4 is 20.5 Å². The SMILES string of the molecule is NC(=O)Nc1cc(Cl)ccc1OCC(CN1CCC(Oc2ccc(Cl)cc2)C1)OC(=O)C(F)(F)F. The Morgan fingerprint density at radius 3 is 2.49 bits per heavy atom. The van der Waals surface area contributed by atoms with Gasteiger partial charge < -0.3 is 25.3 Å². The summed E-state index contributed by atoms with van der Waals surface area (Å²) in [5, 5.41) is 3.15. The quantitative estimate of drug-likeness (QED) is 0.458. The van der Waals surface area contributed by atoms with Gasteiger partial charge in [-0.15, -0.1) is 0 Å². The number of primary amides is 1. The summed E-state index contributed by atoms with van der Waals surface area (Å²) in [4.78, 5) is 24.5. The maximum absolute atomic E-state index is 12.8. The first-order valence-electron chi connectivity index (χ1n) is 10.4. The number of carbonyl (C=O) groups is 2. The third-order valence-corrected chi connectivity index (χ3v) is 5.42. The minimum absolute atomic E-state index is 0.0333. The van der Waals surface area contributed by atoms with Crippen molar-refractivity contribution >= 4 is 40.9 Å². The highest BCUT2D eigenvalue weighted by molar-refractivity contribution is 6.31. The fourth-order valence-corrected chi connectivity index (χ4v) is 3.73.